The topological polar surface area (TPSA) is 15.3 Å². The number of nitrogens with zero attached hydrogens (tertiary/aromatic N) is 1. The van der Waals surface area contributed by atoms with Crippen molar-refractivity contribution >= 4 is 0 Å². The van der Waals surface area contributed by atoms with Crippen molar-refractivity contribution in [3.05, 3.63) is 0 Å². The van der Waals surface area contributed by atoms with Crippen molar-refractivity contribution in [2.75, 3.05) is 20.6 Å². The molecule has 2 atom stereocenters. The van der Waals surface area contributed by atoms with E-state index in [0.29, 0.717) is 19.4 Å². The minimum absolute atomic E-state index is 0.0631. The van der Waals surface area contributed by atoms with Gasteiger partial charge in [-0.3, -0.25) is 0 Å². The zero-order valence-corrected chi connectivity index (χ0v) is 12.6. The molecule has 0 radical (unpaired) electrons. The molecule has 2 nitrogen and oxygen atoms in total. The second-order valence-electron chi connectivity index (χ2n) is 6.75. The lowest BCUT2D eigenvalue weighted by molar-refractivity contribution is -0.189. The van der Waals surface area contributed by atoms with Gasteiger partial charge in [0, 0.05) is 18.1 Å². The van der Waals surface area contributed by atoms with E-state index in [-0.39, 0.29) is 18.0 Å². The normalized spacial score (nSPS) is 30.9. The van der Waals surface area contributed by atoms with E-state index in [1.807, 2.05) is 0 Å². The van der Waals surface area contributed by atoms with Crippen LogP contribution >= 0.6 is 0 Å². The Morgan fingerprint density at radius 1 is 1.05 bits per heavy atom. The van der Waals surface area contributed by atoms with Gasteiger partial charge in [0.1, 0.15) is 0 Å². The highest BCUT2D eigenvalue weighted by Crippen LogP contribution is 2.39. The van der Waals surface area contributed by atoms with E-state index < -0.39 is 12.1 Å². The summed E-state index contributed by atoms with van der Waals surface area (Å²) in [4.78, 5) is 2.21. The fourth-order valence-electron chi connectivity index (χ4n) is 3.90. The molecular formula is C15H27F3N2. The highest BCUT2D eigenvalue weighted by molar-refractivity contribution is 4.96. The summed E-state index contributed by atoms with van der Waals surface area (Å²) in [6, 6.07) is -0.388. The number of alkyl halides is 3. The summed E-state index contributed by atoms with van der Waals surface area (Å²) in [6.45, 7) is 0.692. The van der Waals surface area contributed by atoms with Crippen molar-refractivity contribution in [2.45, 2.75) is 69.1 Å². The van der Waals surface area contributed by atoms with Crippen LogP contribution in [0.15, 0.2) is 0 Å². The molecule has 1 N–H and O–H groups in total. The van der Waals surface area contributed by atoms with E-state index >= 15 is 0 Å². The minimum Gasteiger partial charge on any atom is -0.312 e. The number of nitrogens with one attached hydrogen (secondary N) is 1. The summed E-state index contributed by atoms with van der Waals surface area (Å²) in [5.41, 5.74) is 0.0631. The Morgan fingerprint density at radius 3 is 2.20 bits per heavy atom. The van der Waals surface area contributed by atoms with Gasteiger partial charge in [0.15, 0.2) is 0 Å². The van der Waals surface area contributed by atoms with Crippen LogP contribution in [-0.2, 0) is 0 Å². The largest absolute Gasteiger partial charge is 0.393 e. The zero-order chi connectivity index (χ0) is 14.8. The number of halogens is 3. The van der Waals surface area contributed by atoms with Gasteiger partial charge in [0.2, 0.25) is 0 Å². The van der Waals surface area contributed by atoms with Gasteiger partial charge in [0.25, 0.3) is 0 Å². The first-order valence-corrected chi connectivity index (χ1v) is 7.83. The van der Waals surface area contributed by atoms with E-state index in [4.69, 9.17) is 0 Å². The Kier molecular flexibility index (Phi) is 5.00. The Morgan fingerprint density at radius 2 is 1.65 bits per heavy atom. The first-order chi connectivity index (χ1) is 9.35. The molecule has 0 amide bonds. The highest BCUT2D eigenvalue weighted by atomic mass is 19.4. The molecule has 0 aromatic heterocycles. The molecule has 0 saturated heterocycles. The average molecular weight is 292 g/mol. The molecule has 20 heavy (non-hydrogen) atoms. The number of likely N-dealkylation sites (N-methyl/N-ethyl adjacent to an activating group) is 1. The summed E-state index contributed by atoms with van der Waals surface area (Å²) in [6.07, 6.45) is 3.08. The second kappa shape index (κ2) is 6.22. The van der Waals surface area contributed by atoms with Crippen LogP contribution in [0, 0.1) is 5.92 Å². The van der Waals surface area contributed by atoms with E-state index in [9.17, 15) is 13.2 Å². The summed E-state index contributed by atoms with van der Waals surface area (Å²) < 4.78 is 39.3. The van der Waals surface area contributed by atoms with Gasteiger partial charge in [-0.2, -0.15) is 13.2 Å². The van der Waals surface area contributed by atoms with Gasteiger partial charge < -0.3 is 10.2 Å². The van der Waals surface area contributed by atoms with Crippen LogP contribution in [0.5, 0.6) is 0 Å². The lowest BCUT2D eigenvalue weighted by Crippen LogP contribution is -2.54. The van der Waals surface area contributed by atoms with Crippen LogP contribution in [0.25, 0.3) is 0 Å². The van der Waals surface area contributed by atoms with Gasteiger partial charge in [0.05, 0.1) is 5.92 Å². The van der Waals surface area contributed by atoms with Gasteiger partial charge in [-0.05, 0) is 39.8 Å². The number of hydrogen-bond donors (Lipinski definition) is 1. The predicted molar refractivity (Wildman–Crippen MR) is 74.7 cm³/mol. The maximum absolute atomic E-state index is 13.1. The van der Waals surface area contributed by atoms with Crippen molar-refractivity contribution in [3.8, 4) is 0 Å². The van der Waals surface area contributed by atoms with Crippen LogP contribution in [0.2, 0.25) is 0 Å². The highest BCUT2D eigenvalue weighted by Gasteiger charge is 2.46. The summed E-state index contributed by atoms with van der Waals surface area (Å²) in [5.74, 6) is -1.16. The van der Waals surface area contributed by atoms with Gasteiger partial charge in [-0.1, -0.05) is 25.7 Å². The lowest BCUT2D eigenvalue weighted by atomic mass is 9.83. The third-order valence-electron chi connectivity index (χ3n) is 5.36. The molecule has 0 aromatic rings. The van der Waals surface area contributed by atoms with Gasteiger partial charge in [-0.15, -0.1) is 0 Å². The van der Waals surface area contributed by atoms with Crippen molar-refractivity contribution in [1.29, 1.82) is 0 Å². The van der Waals surface area contributed by atoms with E-state index in [2.05, 4.69) is 24.3 Å². The monoisotopic (exact) mass is 292 g/mol. The Bertz CT molecular complexity index is 309. The fraction of sp³-hybridized carbons (Fsp3) is 1.00. The van der Waals surface area contributed by atoms with Crippen molar-refractivity contribution in [3.63, 3.8) is 0 Å². The first kappa shape index (κ1) is 16.1. The molecular weight excluding hydrogens is 265 g/mol. The Hall–Kier alpha value is -0.290. The fourth-order valence-corrected chi connectivity index (χ4v) is 3.90. The molecule has 2 rings (SSSR count). The molecule has 2 aliphatic rings. The Balaban J connectivity index is 1.97. The molecule has 0 aliphatic heterocycles. The average Bonchev–Trinajstić information content (AvgIpc) is 2.86. The third kappa shape index (κ3) is 3.48. The van der Waals surface area contributed by atoms with E-state index in [0.717, 1.165) is 19.3 Å². The number of rotatable bonds is 4. The summed E-state index contributed by atoms with van der Waals surface area (Å²) >= 11 is 0. The quantitative estimate of drug-likeness (QED) is 0.852. The molecule has 5 heteroatoms. The van der Waals surface area contributed by atoms with Crippen LogP contribution < -0.4 is 5.32 Å². The third-order valence-corrected chi connectivity index (χ3v) is 5.36. The zero-order valence-electron chi connectivity index (χ0n) is 12.6. The van der Waals surface area contributed by atoms with Gasteiger partial charge in [-0.25, -0.2) is 0 Å². The molecule has 2 fully saturated rings. The van der Waals surface area contributed by atoms with Crippen molar-refractivity contribution in [1.82, 2.24) is 10.2 Å². The maximum Gasteiger partial charge on any atom is 0.393 e. The minimum atomic E-state index is -4.06. The molecule has 118 valence electrons. The standard InChI is InChI=1S/C15H27F3N2/c1-20(2)14(9-5-6-10-14)11-19-13-8-4-3-7-12(13)15(16,17)18/h12-13,19H,3-11H2,1-2H3. The maximum atomic E-state index is 13.1. The molecule has 2 aliphatic carbocycles. The van der Waals surface area contributed by atoms with E-state index in [1.165, 1.54) is 12.8 Å². The number of hydrogen-bond acceptors (Lipinski definition) is 2. The van der Waals surface area contributed by atoms with Crippen molar-refractivity contribution < 1.29 is 13.2 Å². The first-order valence-electron chi connectivity index (χ1n) is 7.83. The van der Waals surface area contributed by atoms with Gasteiger partial charge >= 0.3 is 6.18 Å². The molecule has 2 saturated carbocycles. The van der Waals surface area contributed by atoms with Crippen LogP contribution in [0.4, 0.5) is 13.2 Å². The SMILES string of the molecule is CN(C)C1(CNC2CCCCC2C(F)(F)F)CCCC1. The Labute approximate surface area is 120 Å². The molecule has 0 spiro atoms. The lowest BCUT2D eigenvalue weighted by Gasteiger charge is -2.40. The second-order valence-corrected chi connectivity index (χ2v) is 6.75. The predicted octanol–water partition coefficient (Wildman–Crippen LogP) is 3.57. The van der Waals surface area contributed by atoms with Crippen LogP contribution in [-0.4, -0.2) is 43.3 Å². The smallest absolute Gasteiger partial charge is 0.312 e. The van der Waals surface area contributed by atoms with Crippen LogP contribution in [0.1, 0.15) is 51.4 Å². The molecule has 0 bridgehead atoms. The molecule has 0 aromatic carbocycles. The molecule has 2 unspecified atom stereocenters. The molecule has 0 heterocycles. The summed E-state index contributed by atoms with van der Waals surface area (Å²) in [7, 11) is 4.10. The van der Waals surface area contributed by atoms with Crippen LogP contribution in [0.3, 0.4) is 0 Å². The summed E-state index contributed by atoms with van der Waals surface area (Å²) in [5, 5.41) is 3.28. The van der Waals surface area contributed by atoms with E-state index in [1.54, 1.807) is 0 Å². The van der Waals surface area contributed by atoms with Crippen molar-refractivity contribution in [2.24, 2.45) is 5.92 Å².